The van der Waals surface area contributed by atoms with Crippen molar-refractivity contribution in [3.63, 3.8) is 0 Å². The number of carbonyl (C=O) groups is 2. The van der Waals surface area contributed by atoms with Crippen LogP contribution in [0.2, 0.25) is 0 Å². The number of carbonyl (C=O) groups excluding carboxylic acids is 2. The average molecular weight is 356 g/mol. The quantitative estimate of drug-likeness (QED) is 0.875. The van der Waals surface area contributed by atoms with Gasteiger partial charge in [-0.2, -0.15) is 13.2 Å². The molecule has 0 aliphatic carbocycles. The third-order valence-corrected chi connectivity index (χ3v) is 4.51. The van der Waals surface area contributed by atoms with E-state index in [9.17, 15) is 22.8 Å². The smallest absolute Gasteiger partial charge is 0.350 e. The van der Waals surface area contributed by atoms with Crippen LogP contribution in [0, 0.1) is 0 Å². The van der Waals surface area contributed by atoms with Crippen molar-refractivity contribution in [2.45, 2.75) is 32.0 Å². The van der Waals surface area contributed by atoms with Crippen molar-refractivity contribution in [3.8, 4) is 0 Å². The first-order chi connectivity index (χ1) is 11.8. The van der Waals surface area contributed by atoms with Crippen LogP contribution in [0.25, 0.3) is 0 Å². The summed E-state index contributed by atoms with van der Waals surface area (Å²) in [5.74, 6) is -0.275. The molecule has 136 valence electrons. The summed E-state index contributed by atoms with van der Waals surface area (Å²) in [6.45, 7) is 3.50. The number of halogens is 3. The van der Waals surface area contributed by atoms with Gasteiger partial charge in [-0.3, -0.25) is 9.59 Å². The predicted octanol–water partition coefficient (Wildman–Crippen LogP) is 1.66. The minimum atomic E-state index is -4.56. The normalized spacial score (nSPS) is 20.5. The van der Waals surface area contributed by atoms with Crippen molar-refractivity contribution in [2.75, 3.05) is 31.1 Å². The molecule has 1 saturated heterocycles. The number of anilines is 1. The molecule has 0 radical (unpaired) electrons. The Morgan fingerprint density at radius 1 is 1.40 bits per heavy atom. The lowest BCUT2D eigenvalue weighted by Crippen LogP contribution is -2.57. The number of pyridine rings is 1. The van der Waals surface area contributed by atoms with E-state index in [0.717, 1.165) is 18.7 Å². The monoisotopic (exact) mass is 356 g/mol. The molecule has 1 atom stereocenters. The summed E-state index contributed by atoms with van der Waals surface area (Å²) in [5.41, 5.74) is -1.03. The van der Waals surface area contributed by atoms with E-state index in [0.29, 0.717) is 26.1 Å². The minimum absolute atomic E-state index is 0.0540. The van der Waals surface area contributed by atoms with E-state index in [4.69, 9.17) is 0 Å². The fraction of sp³-hybridized carbons (Fsp3) is 0.562. The number of alkyl halides is 3. The predicted molar refractivity (Wildman–Crippen MR) is 84.2 cm³/mol. The lowest BCUT2D eigenvalue weighted by Gasteiger charge is -2.41. The van der Waals surface area contributed by atoms with Crippen molar-refractivity contribution >= 4 is 17.6 Å². The lowest BCUT2D eigenvalue weighted by atomic mass is 10.1. The molecule has 2 amide bonds. The molecular weight excluding hydrogens is 337 g/mol. The second-order valence-corrected chi connectivity index (χ2v) is 6.24. The van der Waals surface area contributed by atoms with Gasteiger partial charge in [0.25, 0.3) is 5.91 Å². The molecule has 9 heteroatoms. The minimum Gasteiger partial charge on any atom is -0.350 e. The van der Waals surface area contributed by atoms with Crippen LogP contribution in [0.15, 0.2) is 12.3 Å². The highest BCUT2D eigenvalue weighted by Crippen LogP contribution is 2.33. The standard InChI is InChI=1S/C16H19F3N4O2/c1-2-3-13(24)22-4-5-23-11(9-22)8-21-15(25)12-6-10(16(17,18)19)7-20-14(12)23/h6-7,11H,2-5,8-9H2,1H3,(H,21,25)/t11-/m1/s1. The van der Waals surface area contributed by atoms with Crippen LogP contribution >= 0.6 is 0 Å². The summed E-state index contributed by atoms with van der Waals surface area (Å²) in [5, 5.41) is 2.64. The number of amides is 2. The van der Waals surface area contributed by atoms with E-state index in [2.05, 4.69) is 10.3 Å². The summed E-state index contributed by atoms with van der Waals surface area (Å²) < 4.78 is 38.7. The van der Waals surface area contributed by atoms with E-state index in [1.165, 1.54) is 0 Å². The molecule has 2 aliphatic rings. The number of aromatic nitrogens is 1. The van der Waals surface area contributed by atoms with Crippen molar-refractivity contribution in [2.24, 2.45) is 0 Å². The third kappa shape index (κ3) is 3.40. The highest BCUT2D eigenvalue weighted by atomic mass is 19.4. The molecule has 3 rings (SSSR count). The number of fused-ring (bicyclic) bond motifs is 3. The van der Waals surface area contributed by atoms with Gasteiger partial charge in [-0.15, -0.1) is 0 Å². The van der Waals surface area contributed by atoms with E-state index in [-0.39, 0.29) is 29.9 Å². The molecule has 3 heterocycles. The van der Waals surface area contributed by atoms with Gasteiger partial charge in [-0.1, -0.05) is 6.92 Å². The molecule has 1 aromatic rings. The zero-order valence-corrected chi connectivity index (χ0v) is 13.8. The van der Waals surface area contributed by atoms with Gasteiger partial charge in [0.15, 0.2) is 0 Å². The van der Waals surface area contributed by atoms with E-state index < -0.39 is 17.6 Å². The van der Waals surface area contributed by atoms with Crippen LogP contribution in [-0.4, -0.2) is 53.9 Å². The largest absolute Gasteiger partial charge is 0.417 e. The number of hydrogen-bond acceptors (Lipinski definition) is 4. The first kappa shape index (κ1) is 17.5. The molecule has 1 N–H and O–H groups in total. The average Bonchev–Trinajstić information content (AvgIpc) is 2.71. The van der Waals surface area contributed by atoms with Gasteiger partial charge in [0.2, 0.25) is 5.91 Å². The van der Waals surface area contributed by atoms with Gasteiger partial charge in [0, 0.05) is 38.8 Å². The molecule has 6 nitrogen and oxygen atoms in total. The maximum absolute atomic E-state index is 12.9. The molecule has 1 fully saturated rings. The molecule has 0 spiro atoms. The van der Waals surface area contributed by atoms with Crippen molar-refractivity contribution in [1.82, 2.24) is 15.2 Å². The summed E-state index contributed by atoms with van der Waals surface area (Å²) in [6.07, 6.45) is -2.59. The van der Waals surface area contributed by atoms with Gasteiger partial charge in [0.1, 0.15) is 5.82 Å². The number of rotatable bonds is 2. The second kappa shape index (κ2) is 6.53. The number of nitrogens with zero attached hydrogens (tertiary/aromatic N) is 3. The summed E-state index contributed by atoms with van der Waals surface area (Å²) in [6, 6.07) is 0.637. The molecule has 0 aromatic carbocycles. The molecule has 25 heavy (non-hydrogen) atoms. The maximum Gasteiger partial charge on any atom is 0.417 e. The zero-order chi connectivity index (χ0) is 18.2. The number of hydrogen-bond donors (Lipinski definition) is 1. The highest BCUT2D eigenvalue weighted by Gasteiger charge is 2.37. The summed E-state index contributed by atoms with van der Waals surface area (Å²) in [4.78, 5) is 31.8. The van der Waals surface area contributed by atoms with Crippen LogP contribution < -0.4 is 10.2 Å². The van der Waals surface area contributed by atoms with E-state index >= 15 is 0 Å². The summed E-state index contributed by atoms with van der Waals surface area (Å²) in [7, 11) is 0. The van der Waals surface area contributed by atoms with Gasteiger partial charge in [-0.05, 0) is 12.5 Å². The van der Waals surface area contributed by atoms with E-state index in [1.807, 2.05) is 11.8 Å². The van der Waals surface area contributed by atoms with Gasteiger partial charge in [0.05, 0.1) is 17.2 Å². The molecule has 1 aromatic heterocycles. The van der Waals surface area contributed by atoms with Crippen LogP contribution in [0.5, 0.6) is 0 Å². The number of piperazine rings is 1. The topological polar surface area (TPSA) is 65.5 Å². The Bertz CT molecular complexity index is 692. The van der Waals surface area contributed by atoms with Crippen LogP contribution in [0.3, 0.4) is 0 Å². The Morgan fingerprint density at radius 2 is 2.16 bits per heavy atom. The van der Waals surface area contributed by atoms with Crippen molar-refractivity contribution < 1.29 is 22.8 Å². The number of nitrogens with one attached hydrogen (secondary N) is 1. The molecule has 0 unspecified atom stereocenters. The Balaban J connectivity index is 1.89. The lowest BCUT2D eigenvalue weighted by molar-refractivity contribution is -0.138. The second-order valence-electron chi connectivity index (χ2n) is 6.24. The van der Waals surface area contributed by atoms with Gasteiger partial charge in [-0.25, -0.2) is 4.98 Å². The highest BCUT2D eigenvalue weighted by molar-refractivity contribution is 6.00. The Morgan fingerprint density at radius 3 is 2.84 bits per heavy atom. The fourth-order valence-electron chi connectivity index (χ4n) is 3.22. The Hall–Kier alpha value is -2.32. The molecule has 2 aliphatic heterocycles. The first-order valence-electron chi connectivity index (χ1n) is 8.21. The third-order valence-electron chi connectivity index (χ3n) is 4.51. The van der Waals surface area contributed by atoms with E-state index in [1.54, 1.807) is 4.90 Å². The first-order valence-corrected chi connectivity index (χ1v) is 8.21. The maximum atomic E-state index is 12.9. The zero-order valence-electron chi connectivity index (χ0n) is 13.8. The van der Waals surface area contributed by atoms with Crippen LogP contribution in [-0.2, 0) is 11.0 Å². The molecule has 0 bridgehead atoms. The van der Waals surface area contributed by atoms with Crippen LogP contribution in [0.1, 0.15) is 35.7 Å². The SMILES string of the molecule is CCCC(=O)N1CCN2c3ncc(C(F)(F)F)cc3C(=O)NC[C@@H]2C1. The van der Waals surface area contributed by atoms with Crippen molar-refractivity contribution in [3.05, 3.63) is 23.4 Å². The van der Waals surface area contributed by atoms with Crippen molar-refractivity contribution in [1.29, 1.82) is 0 Å². The van der Waals surface area contributed by atoms with Gasteiger partial charge >= 0.3 is 6.18 Å². The Labute approximate surface area is 143 Å². The Kier molecular flexibility index (Phi) is 4.57. The summed E-state index contributed by atoms with van der Waals surface area (Å²) >= 11 is 0. The van der Waals surface area contributed by atoms with Crippen LogP contribution in [0.4, 0.5) is 19.0 Å². The molecule has 0 saturated carbocycles. The van der Waals surface area contributed by atoms with Gasteiger partial charge < -0.3 is 15.1 Å². The molecular formula is C16H19F3N4O2. The fourth-order valence-corrected chi connectivity index (χ4v) is 3.22.